The summed E-state index contributed by atoms with van der Waals surface area (Å²) in [4.78, 5) is 1.25. The average Bonchev–Trinajstić information content (AvgIpc) is 2.14. The molecule has 15 heavy (non-hydrogen) atoms. The molecule has 0 spiro atoms. The summed E-state index contributed by atoms with van der Waals surface area (Å²) in [6, 6.07) is 6.13. The highest BCUT2D eigenvalue weighted by Gasteiger charge is 2.07. The molecule has 0 aliphatic carbocycles. The smallest absolute Gasteiger partial charge is 0.0772 e. The van der Waals surface area contributed by atoms with E-state index in [0.29, 0.717) is 5.92 Å². The van der Waals surface area contributed by atoms with Gasteiger partial charge in [-0.25, -0.2) is 0 Å². The van der Waals surface area contributed by atoms with E-state index in [1.807, 2.05) is 17.8 Å². The second kappa shape index (κ2) is 5.92. The van der Waals surface area contributed by atoms with E-state index in [-0.39, 0.29) is 0 Å². The standard InChI is InChI=1S/C12H17BrOS/c1-8(2)7-15-10-4-5-11(9(3)14)12(13)6-10/h4-6,8-9,14H,7H2,1-3H3/t9-/m1/s1. The van der Waals surface area contributed by atoms with E-state index in [9.17, 15) is 5.11 Å². The van der Waals surface area contributed by atoms with Crippen LogP contribution in [-0.4, -0.2) is 10.9 Å². The molecule has 0 aliphatic rings. The lowest BCUT2D eigenvalue weighted by Gasteiger charge is -2.10. The van der Waals surface area contributed by atoms with Crippen LogP contribution < -0.4 is 0 Å². The van der Waals surface area contributed by atoms with Crippen molar-refractivity contribution >= 4 is 27.7 Å². The Balaban J connectivity index is 2.73. The van der Waals surface area contributed by atoms with Crippen molar-refractivity contribution in [3.8, 4) is 0 Å². The van der Waals surface area contributed by atoms with Crippen molar-refractivity contribution in [3.63, 3.8) is 0 Å². The van der Waals surface area contributed by atoms with Crippen LogP contribution in [0.25, 0.3) is 0 Å². The molecule has 0 saturated carbocycles. The van der Waals surface area contributed by atoms with Crippen molar-refractivity contribution in [2.24, 2.45) is 5.92 Å². The van der Waals surface area contributed by atoms with E-state index in [1.54, 1.807) is 6.92 Å². The van der Waals surface area contributed by atoms with Crippen molar-refractivity contribution in [1.29, 1.82) is 0 Å². The first-order chi connectivity index (χ1) is 7.00. The maximum atomic E-state index is 9.48. The Morgan fingerprint density at radius 1 is 1.33 bits per heavy atom. The number of aliphatic hydroxyl groups excluding tert-OH is 1. The summed E-state index contributed by atoms with van der Waals surface area (Å²) in [6.45, 7) is 6.21. The molecule has 0 aliphatic heterocycles. The van der Waals surface area contributed by atoms with Crippen LogP contribution in [0.3, 0.4) is 0 Å². The van der Waals surface area contributed by atoms with E-state index < -0.39 is 6.10 Å². The molecule has 84 valence electrons. The Morgan fingerprint density at radius 2 is 2.00 bits per heavy atom. The Kier molecular flexibility index (Phi) is 5.16. The first-order valence-corrected chi connectivity index (χ1v) is 6.89. The first kappa shape index (κ1) is 13.1. The SMILES string of the molecule is CC(C)CSc1ccc([C@@H](C)O)c(Br)c1. The minimum atomic E-state index is -0.413. The van der Waals surface area contributed by atoms with E-state index in [1.165, 1.54) is 4.90 Å². The fourth-order valence-corrected chi connectivity index (χ4v) is 2.95. The second-order valence-electron chi connectivity index (χ2n) is 4.06. The zero-order valence-electron chi connectivity index (χ0n) is 9.33. The summed E-state index contributed by atoms with van der Waals surface area (Å²) in [6.07, 6.45) is -0.413. The predicted octanol–water partition coefficient (Wildman–Crippen LogP) is 4.25. The van der Waals surface area contributed by atoms with Crippen molar-refractivity contribution in [2.45, 2.75) is 31.8 Å². The summed E-state index contributed by atoms with van der Waals surface area (Å²) in [5.74, 6) is 1.82. The van der Waals surface area contributed by atoms with Gasteiger partial charge in [0.25, 0.3) is 0 Å². The minimum absolute atomic E-state index is 0.413. The van der Waals surface area contributed by atoms with Gasteiger partial charge < -0.3 is 5.11 Å². The van der Waals surface area contributed by atoms with Crippen LogP contribution in [0.2, 0.25) is 0 Å². The molecule has 0 radical (unpaired) electrons. The van der Waals surface area contributed by atoms with Crippen molar-refractivity contribution in [2.75, 3.05) is 5.75 Å². The van der Waals surface area contributed by atoms with Crippen molar-refractivity contribution < 1.29 is 5.11 Å². The Morgan fingerprint density at radius 3 is 2.47 bits per heavy atom. The van der Waals surface area contributed by atoms with Gasteiger partial charge in [0, 0.05) is 15.1 Å². The van der Waals surface area contributed by atoms with Gasteiger partial charge in [-0.05, 0) is 30.5 Å². The van der Waals surface area contributed by atoms with Gasteiger partial charge in [-0.15, -0.1) is 11.8 Å². The third kappa shape index (κ3) is 4.17. The molecule has 0 unspecified atom stereocenters. The molecule has 1 N–H and O–H groups in total. The van der Waals surface area contributed by atoms with Crippen LogP contribution >= 0.6 is 27.7 Å². The maximum absolute atomic E-state index is 9.48. The predicted molar refractivity (Wildman–Crippen MR) is 70.3 cm³/mol. The molecule has 1 nitrogen and oxygen atoms in total. The fraction of sp³-hybridized carbons (Fsp3) is 0.500. The molecule has 0 bridgehead atoms. The molecule has 1 atom stereocenters. The number of hydrogen-bond acceptors (Lipinski definition) is 2. The molecule has 1 aromatic rings. The number of halogens is 1. The van der Waals surface area contributed by atoms with Crippen LogP contribution in [-0.2, 0) is 0 Å². The van der Waals surface area contributed by atoms with Gasteiger partial charge in [0.1, 0.15) is 0 Å². The van der Waals surface area contributed by atoms with Gasteiger partial charge in [-0.2, -0.15) is 0 Å². The van der Waals surface area contributed by atoms with Crippen LogP contribution in [0.15, 0.2) is 27.6 Å². The van der Waals surface area contributed by atoms with Crippen LogP contribution in [0.1, 0.15) is 32.4 Å². The van der Waals surface area contributed by atoms with Crippen molar-refractivity contribution in [3.05, 3.63) is 28.2 Å². The lowest BCUT2D eigenvalue weighted by atomic mass is 10.1. The largest absolute Gasteiger partial charge is 0.389 e. The number of thioether (sulfide) groups is 1. The van der Waals surface area contributed by atoms with Gasteiger partial charge in [-0.3, -0.25) is 0 Å². The molecule has 0 saturated heterocycles. The highest BCUT2D eigenvalue weighted by atomic mass is 79.9. The molecule has 0 heterocycles. The molecule has 0 fully saturated rings. The van der Waals surface area contributed by atoms with E-state index >= 15 is 0 Å². The number of aliphatic hydroxyl groups is 1. The average molecular weight is 289 g/mol. The van der Waals surface area contributed by atoms with Gasteiger partial charge in [0.2, 0.25) is 0 Å². The first-order valence-electron chi connectivity index (χ1n) is 5.11. The summed E-state index contributed by atoms with van der Waals surface area (Å²) in [5, 5.41) is 9.48. The van der Waals surface area contributed by atoms with Gasteiger partial charge in [0.05, 0.1) is 6.10 Å². The highest BCUT2D eigenvalue weighted by Crippen LogP contribution is 2.29. The molecule has 3 heteroatoms. The molecular weight excluding hydrogens is 272 g/mol. The zero-order valence-corrected chi connectivity index (χ0v) is 11.7. The quantitative estimate of drug-likeness (QED) is 0.836. The summed E-state index contributed by atoms with van der Waals surface area (Å²) in [5.41, 5.74) is 0.948. The molecule has 0 amide bonds. The number of hydrogen-bond donors (Lipinski definition) is 1. The number of rotatable bonds is 4. The van der Waals surface area contributed by atoms with Crippen LogP contribution in [0.5, 0.6) is 0 Å². The van der Waals surface area contributed by atoms with Gasteiger partial charge in [-0.1, -0.05) is 35.8 Å². The Hall–Kier alpha value is 0.01000. The fourth-order valence-electron chi connectivity index (χ4n) is 1.20. The lowest BCUT2D eigenvalue weighted by molar-refractivity contribution is 0.198. The Labute approximate surface area is 104 Å². The molecular formula is C12H17BrOS. The molecule has 1 rings (SSSR count). The van der Waals surface area contributed by atoms with Gasteiger partial charge >= 0.3 is 0 Å². The van der Waals surface area contributed by atoms with E-state index in [4.69, 9.17) is 0 Å². The van der Waals surface area contributed by atoms with E-state index in [0.717, 1.165) is 15.8 Å². The topological polar surface area (TPSA) is 20.2 Å². The van der Waals surface area contributed by atoms with Crippen molar-refractivity contribution in [1.82, 2.24) is 0 Å². The third-order valence-corrected chi connectivity index (χ3v) is 4.11. The van der Waals surface area contributed by atoms with Crippen LogP contribution in [0.4, 0.5) is 0 Å². The summed E-state index contributed by atoms with van der Waals surface area (Å²) in [7, 11) is 0. The normalized spacial score (nSPS) is 13.2. The van der Waals surface area contributed by atoms with E-state index in [2.05, 4.69) is 41.9 Å². The third-order valence-electron chi connectivity index (χ3n) is 2.01. The summed E-state index contributed by atoms with van der Waals surface area (Å²) >= 11 is 5.33. The molecule has 0 aromatic heterocycles. The zero-order chi connectivity index (χ0) is 11.4. The van der Waals surface area contributed by atoms with Crippen LogP contribution in [0, 0.1) is 5.92 Å². The minimum Gasteiger partial charge on any atom is -0.389 e. The highest BCUT2D eigenvalue weighted by molar-refractivity contribution is 9.10. The van der Waals surface area contributed by atoms with Gasteiger partial charge in [0.15, 0.2) is 0 Å². The lowest BCUT2D eigenvalue weighted by Crippen LogP contribution is -1.94. The maximum Gasteiger partial charge on any atom is 0.0772 e. The molecule has 1 aromatic carbocycles. The second-order valence-corrected chi connectivity index (χ2v) is 6.01. The monoisotopic (exact) mass is 288 g/mol. The number of benzene rings is 1. The Bertz CT molecular complexity index is 323. The summed E-state index contributed by atoms with van der Waals surface area (Å²) < 4.78 is 0.992.